The second-order valence-electron chi connectivity index (χ2n) is 5.49. The number of rotatable bonds is 6. The molecule has 1 fully saturated rings. The van der Waals surface area contributed by atoms with Crippen molar-refractivity contribution >= 4 is 5.91 Å². The van der Waals surface area contributed by atoms with Crippen LogP contribution in [0.25, 0.3) is 0 Å². The van der Waals surface area contributed by atoms with E-state index in [0.717, 1.165) is 25.4 Å². The Balaban J connectivity index is 2.21. The lowest BCUT2D eigenvalue weighted by Crippen LogP contribution is -2.38. The molecule has 3 heteroatoms. The van der Waals surface area contributed by atoms with Crippen LogP contribution in [-0.4, -0.2) is 30.4 Å². The van der Waals surface area contributed by atoms with Crippen molar-refractivity contribution in [2.45, 2.75) is 52.4 Å². The highest BCUT2D eigenvalue weighted by Gasteiger charge is 2.21. The minimum absolute atomic E-state index is 0.334. The van der Waals surface area contributed by atoms with Crippen LogP contribution < -0.4 is 5.73 Å². The van der Waals surface area contributed by atoms with E-state index in [1.807, 2.05) is 0 Å². The second kappa shape index (κ2) is 7.70. The summed E-state index contributed by atoms with van der Waals surface area (Å²) >= 11 is 0. The van der Waals surface area contributed by atoms with E-state index >= 15 is 0 Å². The van der Waals surface area contributed by atoms with Gasteiger partial charge in [0.25, 0.3) is 0 Å². The van der Waals surface area contributed by atoms with Gasteiger partial charge in [-0.25, -0.2) is 0 Å². The fraction of sp³-hybridized carbons (Fsp3) is 0.929. The zero-order chi connectivity index (χ0) is 12.7. The zero-order valence-electron chi connectivity index (χ0n) is 11.5. The van der Waals surface area contributed by atoms with Crippen LogP contribution in [0.1, 0.15) is 52.4 Å². The highest BCUT2D eigenvalue weighted by atomic mass is 16.2. The standard InChI is InChI=1S/C14H28N2O/c1-3-4-13-7-9-16(10-8-13)14(17)6-5-12(2)11-15/h12-13H,3-11,15H2,1-2H3. The molecule has 1 saturated heterocycles. The van der Waals surface area contributed by atoms with Crippen LogP contribution in [0.4, 0.5) is 0 Å². The average molecular weight is 240 g/mol. The minimum atomic E-state index is 0.334. The maximum absolute atomic E-state index is 12.0. The molecule has 1 atom stereocenters. The van der Waals surface area contributed by atoms with Gasteiger partial charge in [-0.05, 0) is 37.6 Å². The van der Waals surface area contributed by atoms with Gasteiger partial charge in [0.15, 0.2) is 0 Å². The molecule has 3 nitrogen and oxygen atoms in total. The van der Waals surface area contributed by atoms with Crippen molar-refractivity contribution in [1.29, 1.82) is 0 Å². The summed E-state index contributed by atoms with van der Waals surface area (Å²) in [5.41, 5.74) is 5.56. The van der Waals surface area contributed by atoms with Gasteiger partial charge in [-0.3, -0.25) is 4.79 Å². The first-order chi connectivity index (χ1) is 8.17. The van der Waals surface area contributed by atoms with Crippen molar-refractivity contribution in [3.63, 3.8) is 0 Å². The average Bonchev–Trinajstić information content (AvgIpc) is 2.36. The number of amides is 1. The van der Waals surface area contributed by atoms with E-state index in [1.54, 1.807) is 0 Å². The molecule has 1 heterocycles. The highest BCUT2D eigenvalue weighted by molar-refractivity contribution is 5.76. The molecule has 0 saturated carbocycles. The fourth-order valence-corrected chi connectivity index (χ4v) is 2.53. The number of carbonyl (C=O) groups excluding carboxylic acids is 1. The summed E-state index contributed by atoms with van der Waals surface area (Å²) in [6, 6.07) is 0. The predicted octanol–water partition coefficient (Wildman–Crippen LogP) is 2.40. The summed E-state index contributed by atoms with van der Waals surface area (Å²) in [6.07, 6.45) is 6.61. The Bertz CT molecular complexity index is 222. The third kappa shape index (κ3) is 5.07. The van der Waals surface area contributed by atoms with Crippen molar-refractivity contribution in [2.24, 2.45) is 17.6 Å². The molecule has 100 valence electrons. The van der Waals surface area contributed by atoms with Crippen LogP contribution in [0.3, 0.4) is 0 Å². The van der Waals surface area contributed by atoms with Gasteiger partial charge in [-0.15, -0.1) is 0 Å². The summed E-state index contributed by atoms with van der Waals surface area (Å²) in [5.74, 6) is 1.66. The SMILES string of the molecule is CCCC1CCN(C(=O)CCC(C)CN)CC1. The summed E-state index contributed by atoms with van der Waals surface area (Å²) < 4.78 is 0. The quantitative estimate of drug-likeness (QED) is 0.775. The first kappa shape index (κ1) is 14.5. The first-order valence-corrected chi connectivity index (χ1v) is 7.15. The Morgan fingerprint density at radius 1 is 1.41 bits per heavy atom. The van der Waals surface area contributed by atoms with Gasteiger partial charge in [0.2, 0.25) is 5.91 Å². The molecule has 1 amide bonds. The first-order valence-electron chi connectivity index (χ1n) is 7.15. The van der Waals surface area contributed by atoms with Gasteiger partial charge in [0.1, 0.15) is 0 Å². The summed E-state index contributed by atoms with van der Waals surface area (Å²) in [6.45, 7) is 6.99. The van der Waals surface area contributed by atoms with Crippen LogP contribution in [0, 0.1) is 11.8 Å². The lowest BCUT2D eigenvalue weighted by molar-refractivity contribution is -0.132. The third-order valence-electron chi connectivity index (χ3n) is 3.92. The number of nitrogens with two attached hydrogens (primary N) is 1. The predicted molar refractivity (Wildman–Crippen MR) is 71.7 cm³/mol. The number of likely N-dealkylation sites (tertiary alicyclic amines) is 1. The summed E-state index contributed by atoms with van der Waals surface area (Å²) in [7, 11) is 0. The summed E-state index contributed by atoms with van der Waals surface area (Å²) in [4.78, 5) is 14.0. The maximum Gasteiger partial charge on any atom is 0.222 e. The molecule has 1 aliphatic rings. The number of hydrogen-bond donors (Lipinski definition) is 1. The van der Waals surface area contributed by atoms with E-state index in [-0.39, 0.29) is 0 Å². The maximum atomic E-state index is 12.0. The van der Waals surface area contributed by atoms with Crippen LogP contribution in [0.15, 0.2) is 0 Å². The molecule has 2 N–H and O–H groups in total. The molecule has 0 radical (unpaired) electrons. The number of carbonyl (C=O) groups is 1. The van der Waals surface area contributed by atoms with E-state index in [0.29, 0.717) is 24.8 Å². The second-order valence-corrected chi connectivity index (χ2v) is 5.49. The van der Waals surface area contributed by atoms with Crippen LogP contribution in [0.2, 0.25) is 0 Å². The van der Waals surface area contributed by atoms with Crippen LogP contribution >= 0.6 is 0 Å². The van der Waals surface area contributed by atoms with Crippen LogP contribution in [-0.2, 0) is 4.79 Å². The molecule has 1 unspecified atom stereocenters. The van der Waals surface area contributed by atoms with E-state index < -0.39 is 0 Å². The topological polar surface area (TPSA) is 46.3 Å². The molecule has 1 aliphatic heterocycles. The normalized spacial score (nSPS) is 19.4. The molecule has 0 aromatic heterocycles. The summed E-state index contributed by atoms with van der Waals surface area (Å²) in [5, 5.41) is 0. The van der Waals surface area contributed by atoms with E-state index in [9.17, 15) is 4.79 Å². The molecule has 17 heavy (non-hydrogen) atoms. The Morgan fingerprint density at radius 3 is 2.59 bits per heavy atom. The molecule has 0 aromatic rings. The lowest BCUT2D eigenvalue weighted by Gasteiger charge is -2.32. The van der Waals surface area contributed by atoms with Gasteiger partial charge in [0, 0.05) is 19.5 Å². The van der Waals surface area contributed by atoms with Crippen LogP contribution in [0.5, 0.6) is 0 Å². The van der Waals surface area contributed by atoms with Gasteiger partial charge in [0.05, 0.1) is 0 Å². The third-order valence-corrected chi connectivity index (χ3v) is 3.92. The Kier molecular flexibility index (Phi) is 6.56. The molecular weight excluding hydrogens is 212 g/mol. The number of hydrogen-bond acceptors (Lipinski definition) is 2. The molecule has 0 spiro atoms. The molecule has 0 aliphatic carbocycles. The van der Waals surface area contributed by atoms with Crippen molar-refractivity contribution in [1.82, 2.24) is 4.90 Å². The smallest absolute Gasteiger partial charge is 0.222 e. The number of nitrogens with zero attached hydrogens (tertiary/aromatic N) is 1. The minimum Gasteiger partial charge on any atom is -0.343 e. The van der Waals surface area contributed by atoms with E-state index in [4.69, 9.17) is 5.73 Å². The largest absolute Gasteiger partial charge is 0.343 e. The lowest BCUT2D eigenvalue weighted by atomic mass is 9.92. The molecule has 0 bridgehead atoms. The molecule has 1 rings (SSSR count). The van der Waals surface area contributed by atoms with Gasteiger partial charge in [-0.2, -0.15) is 0 Å². The zero-order valence-corrected chi connectivity index (χ0v) is 11.5. The van der Waals surface area contributed by atoms with Gasteiger partial charge < -0.3 is 10.6 Å². The highest BCUT2D eigenvalue weighted by Crippen LogP contribution is 2.22. The fourth-order valence-electron chi connectivity index (χ4n) is 2.53. The van der Waals surface area contributed by atoms with Crippen molar-refractivity contribution < 1.29 is 4.79 Å². The molecular formula is C14H28N2O. The Hall–Kier alpha value is -0.570. The van der Waals surface area contributed by atoms with Crippen molar-refractivity contribution in [3.8, 4) is 0 Å². The van der Waals surface area contributed by atoms with Crippen molar-refractivity contribution in [2.75, 3.05) is 19.6 Å². The Morgan fingerprint density at radius 2 is 2.06 bits per heavy atom. The van der Waals surface area contributed by atoms with E-state index in [1.165, 1.54) is 25.7 Å². The number of piperidine rings is 1. The van der Waals surface area contributed by atoms with E-state index in [2.05, 4.69) is 18.7 Å². The molecule has 0 aromatic carbocycles. The van der Waals surface area contributed by atoms with Gasteiger partial charge >= 0.3 is 0 Å². The monoisotopic (exact) mass is 240 g/mol. The Labute approximate surface area is 106 Å². The van der Waals surface area contributed by atoms with Gasteiger partial charge in [-0.1, -0.05) is 26.7 Å². The van der Waals surface area contributed by atoms with Crippen molar-refractivity contribution in [3.05, 3.63) is 0 Å².